The number of sulfone groups is 1. The molecule has 0 aliphatic rings. The van der Waals surface area contributed by atoms with Crippen molar-refractivity contribution >= 4 is 15.6 Å². The zero-order chi connectivity index (χ0) is 19.4. The molecule has 0 saturated carbocycles. The highest BCUT2D eigenvalue weighted by Gasteiger charge is 2.31. The van der Waals surface area contributed by atoms with E-state index >= 15 is 0 Å². The third kappa shape index (κ3) is 4.34. The van der Waals surface area contributed by atoms with Crippen LogP contribution < -0.4 is 0 Å². The van der Waals surface area contributed by atoms with Crippen molar-refractivity contribution in [2.45, 2.75) is 30.4 Å². The molecular formula is C23H22O3S. The molecule has 0 radical (unpaired) electrons. The van der Waals surface area contributed by atoms with Gasteiger partial charge in [-0.15, -0.1) is 0 Å². The summed E-state index contributed by atoms with van der Waals surface area (Å²) in [6.07, 6.45) is -0.0940. The van der Waals surface area contributed by atoms with Crippen LogP contribution in [0.1, 0.15) is 38.7 Å². The third-order valence-electron chi connectivity index (χ3n) is 4.64. The summed E-state index contributed by atoms with van der Waals surface area (Å²) in [6, 6.07) is 22.9. The van der Waals surface area contributed by atoms with Crippen molar-refractivity contribution in [3.8, 4) is 0 Å². The second-order valence-electron chi connectivity index (χ2n) is 6.75. The number of ketones is 1. The fourth-order valence-electron chi connectivity index (χ4n) is 2.99. The van der Waals surface area contributed by atoms with Gasteiger partial charge in [-0.05, 0) is 31.5 Å². The molecular weight excluding hydrogens is 356 g/mol. The lowest BCUT2D eigenvalue weighted by molar-refractivity contribution is 0.0980. The maximum absolute atomic E-state index is 13.3. The molecule has 4 heteroatoms. The van der Waals surface area contributed by atoms with E-state index in [4.69, 9.17) is 0 Å². The van der Waals surface area contributed by atoms with Gasteiger partial charge in [-0.1, -0.05) is 77.9 Å². The standard InChI is InChI=1S/C23H22O3S/c1-17-8-12-19(13-9-17)22(24)16-23(20-6-4-3-5-7-20)27(25,26)21-14-10-18(2)11-15-21/h3-15,23H,16H2,1-2H3/t23-/m1/s1. The number of aryl methyl sites for hydroxylation is 2. The van der Waals surface area contributed by atoms with E-state index in [9.17, 15) is 13.2 Å². The van der Waals surface area contributed by atoms with Crippen LogP contribution in [0.2, 0.25) is 0 Å². The summed E-state index contributed by atoms with van der Waals surface area (Å²) < 4.78 is 26.6. The van der Waals surface area contributed by atoms with Crippen molar-refractivity contribution in [3.05, 3.63) is 101 Å². The summed E-state index contributed by atoms with van der Waals surface area (Å²) in [4.78, 5) is 13.0. The van der Waals surface area contributed by atoms with E-state index in [-0.39, 0.29) is 17.1 Å². The topological polar surface area (TPSA) is 51.2 Å². The van der Waals surface area contributed by atoms with Crippen molar-refractivity contribution in [2.75, 3.05) is 0 Å². The van der Waals surface area contributed by atoms with Gasteiger partial charge < -0.3 is 0 Å². The lowest BCUT2D eigenvalue weighted by atomic mass is 10.0. The average molecular weight is 378 g/mol. The zero-order valence-corrected chi connectivity index (χ0v) is 16.2. The van der Waals surface area contributed by atoms with Gasteiger partial charge in [0.15, 0.2) is 15.6 Å². The number of hydrogen-bond donors (Lipinski definition) is 0. The number of benzene rings is 3. The van der Waals surface area contributed by atoms with Crippen molar-refractivity contribution in [1.82, 2.24) is 0 Å². The Kier molecular flexibility index (Phi) is 5.57. The number of rotatable bonds is 6. The Labute approximate surface area is 160 Å². The molecule has 0 bridgehead atoms. The van der Waals surface area contributed by atoms with Gasteiger partial charge in [0.1, 0.15) is 0 Å². The Morgan fingerprint density at radius 3 is 1.85 bits per heavy atom. The summed E-state index contributed by atoms with van der Waals surface area (Å²) in [7, 11) is -3.70. The van der Waals surface area contributed by atoms with Gasteiger partial charge >= 0.3 is 0 Å². The van der Waals surface area contributed by atoms with Gasteiger partial charge in [0, 0.05) is 12.0 Å². The molecule has 0 saturated heterocycles. The van der Waals surface area contributed by atoms with E-state index in [0.29, 0.717) is 11.1 Å². The molecule has 0 aromatic heterocycles. The average Bonchev–Trinajstić information content (AvgIpc) is 2.67. The fourth-order valence-corrected chi connectivity index (χ4v) is 4.72. The van der Waals surface area contributed by atoms with Crippen LogP contribution in [0.4, 0.5) is 0 Å². The summed E-state index contributed by atoms with van der Waals surface area (Å²) in [6.45, 7) is 3.86. The van der Waals surface area contributed by atoms with Crippen molar-refractivity contribution in [3.63, 3.8) is 0 Å². The molecule has 3 nitrogen and oxygen atoms in total. The smallest absolute Gasteiger partial charge is 0.185 e. The van der Waals surface area contributed by atoms with E-state index < -0.39 is 15.1 Å². The normalized spacial score (nSPS) is 12.5. The first-order chi connectivity index (χ1) is 12.9. The van der Waals surface area contributed by atoms with Crippen LogP contribution in [-0.4, -0.2) is 14.2 Å². The number of hydrogen-bond acceptors (Lipinski definition) is 3. The Morgan fingerprint density at radius 2 is 1.30 bits per heavy atom. The van der Waals surface area contributed by atoms with Gasteiger partial charge in [0.25, 0.3) is 0 Å². The lowest BCUT2D eigenvalue weighted by Gasteiger charge is -2.18. The van der Waals surface area contributed by atoms with Crippen LogP contribution >= 0.6 is 0 Å². The summed E-state index contributed by atoms with van der Waals surface area (Å²) in [5.74, 6) is -0.181. The van der Waals surface area contributed by atoms with E-state index in [1.165, 1.54) is 0 Å². The first kappa shape index (κ1) is 19.1. The van der Waals surface area contributed by atoms with Crippen LogP contribution in [0.5, 0.6) is 0 Å². The highest BCUT2D eigenvalue weighted by atomic mass is 32.2. The van der Waals surface area contributed by atoms with Crippen LogP contribution in [0, 0.1) is 13.8 Å². The molecule has 138 valence electrons. The largest absolute Gasteiger partial charge is 0.294 e. The molecule has 0 aliphatic heterocycles. The molecule has 0 spiro atoms. The van der Waals surface area contributed by atoms with E-state index in [0.717, 1.165) is 11.1 Å². The maximum Gasteiger partial charge on any atom is 0.185 e. The SMILES string of the molecule is Cc1ccc(C(=O)C[C@H](c2ccccc2)S(=O)(=O)c2ccc(C)cc2)cc1. The second-order valence-corrected chi connectivity index (χ2v) is 8.88. The molecule has 0 amide bonds. The monoisotopic (exact) mass is 378 g/mol. The fraction of sp³-hybridized carbons (Fsp3) is 0.174. The Bertz CT molecular complexity index is 1020. The Balaban J connectivity index is 2.00. The summed E-state index contributed by atoms with van der Waals surface area (Å²) in [5.41, 5.74) is 3.19. The molecule has 27 heavy (non-hydrogen) atoms. The van der Waals surface area contributed by atoms with Gasteiger partial charge in [0.05, 0.1) is 10.1 Å². The predicted octanol–water partition coefficient (Wildman–Crippen LogP) is 5.09. The van der Waals surface area contributed by atoms with E-state index in [2.05, 4.69) is 0 Å². The summed E-state index contributed by atoms with van der Waals surface area (Å²) >= 11 is 0. The quantitative estimate of drug-likeness (QED) is 0.561. The van der Waals surface area contributed by atoms with Gasteiger partial charge in [-0.2, -0.15) is 0 Å². The highest BCUT2D eigenvalue weighted by Crippen LogP contribution is 2.33. The van der Waals surface area contributed by atoms with E-state index in [1.54, 1.807) is 60.7 Å². The molecule has 0 aliphatic carbocycles. The van der Waals surface area contributed by atoms with E-state index in [1.807, 2.05) is 32.0 Å². The minimum atomic E-state index is -3.70. The van der Waals surface area contributed by atoms with Gasteiger partial charge in [0.2, 0.25) is 0 Å². The number of carbonyl (C=O) groups excluding carboxylic acids is 1. The molecule has 3 aromatic carbocycles. The lowest BCUT2D eigenvalue weighted by Crippen LogP contribution is -2.18. The molecule has 0 heterocycles. The molecule has 0 N–H and O–H groups in total. The van der Waals surface area contributed by atoms with Crippen LogP contribution in [-0.2, 0) is 9.84 Å². The van der Waals surface area contributed by atoms with Crippen LogP contribution in [0.15, 0.2) is 83.8 Å². The first-order valence-electron chi connectivity index (χ1n) is 8.83. The maximum atomic E-state index is 13.3. The minimum absolute atomic E-state index is 0.0940. The second kappa shape index (κ2) is 7.89. The van der Waals surface area contributed by atoms with Gasteiger partial charge in [-0.3, -0.25) is 4.79 Å². The Morgan fingerprint density at radius 1 is 0.778 bits per heavy atom. The highest BCUT2D eigenvalue weighted by molar-refractivity contribution is 7.91. The predicted molar refractivity (Wildman–Crippen MR) is 108 cm³/mol. The number of carbonyl (C=O) groups is 1. The molecule has 3 rings (SSSR count). The van der Waals surface area contributed by atoms with Crippen LogP contribution in [0.3, 0.4) is 0 Å². The van der Waals surface area contributed by atoms with Crippen molar-refractivity contribution in [2.24, 2.45) is 0 Å². The molecule has 3 aromatic rings. The minimum Gasteiger partial charge on any atom is -0.294 e. The van der Waals surface area contributed by atoms with Crippen molar-refractivity contribution in [1.29, 1.82) is 0 Å². The number of Topliss-reactive ketones (excluding diaryl/α,β-unsaturated/α-hetero) is 1. The van der Waals surface area contributed by atoms with Crippen molar-refractivity contribution < 1.29 is 13.2 Å². The molecule has 1 atom stereocenters. The summed E-state index contributed by atoms with van der Waals surface area (Å²) in [5, 5.41) is -0.921. The third-order valence-corrected chi connectivity index (χ3v) is 6.76. The van der Waals surface area contributed by atoms with Gasteiger partial charge in [-0.25, -0.2) is 8.42 Å². The van der Waals surface area contributed by atoms with Crippen LogP contribution in [0.25, 0.3) is 0 Å². The molecule has 0 fully saturated rings. The Hall–Kier alpha value is -2.72. The molecule has 0 unspecified atom stereocenters. The zero-order valence-electron chi connectivity index (χ0n) is 15.4. The first-order valence-corrected chi connectivity index (χ1v) is 10.4.